The van der Waals surface area contributed by atoms with E-state index in [1.165, 1.54) is 6.26 Å². The maximum atomic E-state index is 15.1. The van der Waals surface area contributed by atoms with Crippen molar-refractivity contribution in [3.05, 3.63) is 66.0 Å². The van der Waals surface area contributed by atoms with E-state index in [1.807, 2.05) is 0 Å². The van der Waals surface area contributed by atoms with Gasteiger partial charge in [0.2, 0.25) is 5.95 Å². The fourth-order valence-electron chi connectivity index (χ4n) is 2.38. The van der Waals surface area contributed by atoms with Crippen LogP contribution in [0.1, 0.15) is 0 Å². The molecule has 1 aromatic heterocycles. The SMILES string of the molecule is CS(=N)(=O)CNc1nc(-c2ccccc2)c(F)c(-c2ccc(F)cc2F)n1. The van der Waals surface area contributed by atoms with Gasteiger partial charge in [0.25, 0.3) is 0 Å². The minimum Gasteiger partial charge on any atom is -0.342 e. The molecule has 9 heteroatoms. The largest absolute Gasteiger partial charge is 0.342 e. The van der Waals surface area contributed by atoms with E-state index in [1.54, 1.807) is 30.3 Å². The predicted molar refractivity (Wildman–Crippen MR) is 98.1 cm³/mol. The number of anilines is 1. The summed E-state index contributed by atoms with van der Waals surface area (Å²) in [5, 5.41) is 2.61. The summed E-state index contributed by atoms with van der Waals surface area (Å²) in [6, 6.07) is 11.1. The summed E-state index contributed by atoms with van der Waals surface area (Å²) in [4.78, 5) is 8.03. The van der Waals surface area contributed by atoms with Gasteiger partial charge in [-0.05, 0) is 12.1 Å². The molecule has 0 radical (unpaired) electrons. The van der Waals surface area contributed by atoms with Crippen LogP contribution in [0, 0.1) is 22.2 Å². The molecule has 3 aromatic rings. The summed E-state index contributed by atoms with van der Waals surface area (Å²) in [7, 11) is -2.91. The number of halogens is 3. The van der Waals surface area contributed by atoms with Crippen LogP contribution in [0.3, 0.4) is 0 Å². The van der Waals surface area contributed by atoms with Gasteiger partial charge in [0.1, 0.15) is 28.9 Å². The summed E-state index contributed by atoms with van der Waals surface area (Å²) < 4.78 is 61.5. The number of nitrogens with one attached hydrogen (secondary N) is 2. The van der Waals surface area contributed by atoms with Crippen LogP contribution in [0.5, 0.6) is 0 Å². The van der Waals surface area contributed by atoms with Crippen LogP contribution in [-0.2, 0) is 9.73 Å². The molecule has 5 nitrogen and oxygen atoms in total. The molecule has 0 saturated heterocycles. The molecule has 0 aliphatic rings. The summed E-state index contributed by atoms with van der Waals surface area (Å²) in [6.07, 6.45) is 1.22. The lowest BCUT2D eigenvalue weighted by Gasteiger charge is -2.12. The first-order valence-corrected chi connectivity index (χ1v) is 9.92. The van der Waals surface area contributed by atoms with Crippen molar-refractivity contribution >= 4 is 15.7 Å². The van der Waals surface area contributed by atoms with Crippen LogP contribution >= 0.6 is 0 Å². The van der Waals surface area contributed by atoms with E-state index in [9.17, 15) is 13.0 Å². The monoisotopic (exact) mass is 392 g/mol. The average molecular weight is 392 g/mol. The molecule has 1 unspecified atom stereocenters. The number of benzene rings is 2. The fraction of sp³-hybridized carbons (Fsp3) is 0.111. The maximum absolute atomic E-state index is 15.1. The van der Waals surface area contributed by atoms with Crippen molar-refractivity contribution in [2.45, 2.75) is 0 Å². The highest BCUT2D eigenvalue weighted by Crippen LogP contribution is 2.31. The second kappa shape index (κ2) is 7.36. The number of nitrogens with zero attached hydrogens (tertiary/aromatic N) is 2. The smallest absolute Gasteiger partial charge is 0.224 e. The molecule has 0 aliphatic heterocycles. The maximum Gasteiger partial charge on any atom is 0.224 e. The normalized spacial score (nSPS) is 13.2. The van der Waals surface area contributed by atoms with Crippen LogP contribution in [0.2, 0.25) is 0 Å². The number of hydrogen-bond donors (Lipinski definition) is 2. The van der Waals surface area contributed by atoms with Crippen LogP contribution in [0.25, 0.3) is 22.5 Å². The molecule has 0 bridgehead atoms. The Morgan fingerprint density at radius 1 is 1.04 bits per heavy atom. The molecular formula is C18H15F3N4OS. The quantitative estimate of drug-likeness (QED) is 0.680. The number of aromatic nitrogens is 2. The van der Waals surface area contributed by atoms with Crippen molar-refractivity contribution in [3.63, 3.8) is 0 Å². The molecule has 0 amide bonds. The molecular weight excluding hydrogens is 377 g/mol. The summed E-state index contributed by atoms with van der Waals surface area (Å²) in [5.74, 6) is -3.03. The van der Waals surface area contributed by atoms with Crippen molar-refractivity contribution < 1.29 is 17.4 Å². The Hall–Kier alpha value is -2.94. The second-order valence-electron chi connectivity index (χ2n) is 5.87. The molecule has 2 aromatic carbocycles. The van der Waals surface area contributed by atoms with E-state index in [-0.39, 0.29) is 28.8 Å². The highest BCUT2D eigenvalue weighted by atomic mass is 32.2. The van der Waals surface area contributed by atoms with E-state index < -0.39 is 27.2 Å². The van der Waals surface area contributed by atoms with Gasteiger partial charge in [0.05, 0.1) is 9.73 Å². The van der Waals surface area contributed by atoms with Crippen molar-refractivity contribution in [2.24, 2.45) is 0 Å². The van der Waals surface area contributed by atoms with Crippen LogP contribution in [0.4, 0.5) is 19.1 Å². The first-order valence-electron chi connectivity index (χ1n) is 7.78. The first kappa shape index (κ1) is 18.8. The molecule has 0 fully saturated rings. The highest BCUT2D eigenvalue weighted by molar-refractivity contribution is 7.91. The van der Waals surface area contributed by atoms with E-state index in [0.717, 1.165) is 12.1 Å². The third kappa shape index (κ3) is 4.43. The zero-order valence-electron chi connectivity index (χ0n) is 14.2. The Balaban J connectivity index is 2.19. The molecule has 3 rings (SSSR count). The third-order valence-corrected chi connectivity index (χ3v) is 4.29. The van der Waals surface area contributed by atoms with Crippen LogP contribution in [0.15, 0.2) is 48.5 Å². The van der Waals surface area contributed by atoms with Crippen LogP contribution < -0.4 is 5.32 Å². The molecule has 0 aliphatic carbocycles. The molecule has 0 saturated carbocycles. The van der Waals surface area contributed by atoms with E-state index in [4.69, 9.17) is 4.78 Å². The van der Waals surface area contributed by atoms with Crippen LogP contribution in [-0.4, -0.2) is 26.3 Å². The Labute approximate surface area is 154 Å². The standard InChI is InChI=1S/C18H15F3N4OS/c1-27(22,26)10-23-18-24-16(11-5-3-2-4-6-11)15(21)17(25-18)13-8-7-12(19)9-14(13)20/h2-9,22H,10H2,1H3,(H,23,24,25). The van der Waals surface area contributed by atoms with Crippen molar-refractivity contribution in [1.82, 2.24) is 9.97 Å². The minimum atomic E-state index is -2.91. The van der Waals surface area contributed by atoms with Gasteiger partial charge in [-0.3, -0.25) is 4.78 Å². The first-order chi connectivity index (χ1) is 12.7. The van der Waals surface area contributed by atoms with Gasteiger partial charge in [-0.25, -0.2) is 27.3 Å². The average Bonchev–Trinajstić information content (AvgIpc) is 2.61. The van der Waals surface area contributed by atoms with Gasteiger partial charge in [-0.2, -0.15) is 0 Å². The van der Waals surface area contributed by atoms with E-state index in [0.29, 0.717) is 11.6 Å². The molecule has 2 N–H and O–H groups in total. The fourth-order valence-corrected chi connectivity index (χ4v) is 2.78. The van der Waals surface area contributed by atoms with Gasteiger partial charge in [0, 0.05) is 23.4 Å². The molecule has 1 heterocycles. The lowest BCUT2D eigenvalue weighted by atomic mass is 10.1. The molecule has 1 atom stereocenters. The summed E-state index contributed by atoms with van der Waals surface area (Å²) in [5.41, 5.74) is -0.275. The zero-order valence-corrected chi connectivity index (χ0v) is 15.0. The Morgan fingerprint density at radius 3 is 2.33 bits per heavy atom. The Kier molecular flexibility index (Phi) is 5.13. The Morgan fingerprint density at radius 2 is 1.70 bits per heavy atom. The highest BCUT2D eigenvalue weighted by Gasteiger charge is 2.20. The van der Waals surface area contributed by atoms with Gasteiger partial charge < -0.3 is 5.32 Å². The topological polar surface area (TPSA) is 78.7 Å². The number of hydrogen-bond acceptors (Lipinski definition) is 5. The predicted octanol–water partition coefficient (Wildman–Crippen LogP) is 4.27. The third-order valence-electron chi connectivity index (χ3n) is 3.59. The zero-order chi connectivity index (χ0) is 19.6. The summed E-state index contributed by atoms with van der Waals surface area (Å²) >= 11 is 0. The van der Waals surface area contributed by atoms with E-state index in [2.05, 4.69) is 15.3 Å². The molecule has 0 spiro atoms. The second-order valence-corrected chi connectivity index (χ2v) is 8.17. The van der Waals surface area contributed by atoms with E-state index >= 15 is 4.39 Å². The van der Waals surface area contributed by atoms with Gasteiger partial charge in [0.15, 0.2) is 5.82 Å². The molecule has 27 heavy (non-hydrogen) atoms. The number of rotatable bonds is 5. The van der Waals surface area contributed by atoms with Crippen molar-refractivity contribution in [2.75, 3.05) is 17.4 Å². The van der Waals surface area contributed by atoms with Gasteiger partial charge in [-0.1, -0.05) is 30.3 Å². The lowest BCUT2D eigenvalue weighted by molar-refractivity contribution is 0.581. The lowest BCUT2D eigenvalue weighted by Crippen LogP contribution is -2.14. The van der Waals surface area contributed by atoms with Gasteiger partial charge in [-0.15, -0.1) is 0 Å². The summed E-state index contributed by atoms with van der Waals surface area (Å²) in [6.45, 7) is 0. The minimum absolute atomic E-state index is 0.0978. The van der Waals surface area contributed by atoms with Gasteiger partial charge >= 0.3 is 0 Å². The van der Waals surface area contributed by atoms with Crippen molar-refractivity contribution in [3.8, 4) is 22.5 Å². The van der Waals surface area contributed by atoms with Crippen molar-refractivity contribution in [1.29, 1.82) is 4.78 Å². The Bertz CT molecular complexity index is 1090. The molecule has 140 valence electrons.